The Balaban J connectivity index is 2.60. The fourth-order valence-corrected chi connectivity index (χ4v) is 1.16. The van der Waals surface area contributed by atoms with Crippen molar-refractivity contribution in [3.8, 4) is 0 Å². The van der Waals surface area contributed by atoms with Gasteiger partial charge in [0.05, 0.1) is 12.6 Å². The number of ether oxygens (including phenoxy) is 1. The summed E-state index contributed by atoms with van der Waals surface area (Å²) in [5, 5.41) is 4.14. The van der Waals surface area contributed by atoms with Crippen LogP contribution in [0.2, 0.25) is 0 Å². The van der Waals surface area contributed by atoms with E-state index in [0.717, 1.165) is 3.83 Å². The van der Waals surface area contributed by atoms with Crippen LogP contribution < -0.4 is 0 Å². The van der Waals surface area contributed by atoms with Gasteiger partial charge in [-0.25, -0.2) is 9.67 Å². The van der Waals surface area contributed by atoms with E-state index in [0.29, 0.717) is 6.61 Å². The fraction of sp³-hybridized carbons (Fsp3) is 0.667. The second-order valence-corrected chi connectivity index (χ2v) is 3.26. The van der Waals surface area contributed by atoms with E-state index in [4.69, 9.17) is 4.74 Å². The van der Waals surface area contributed by atoms with E-state index in [2.05, 4.69) is 32.7 Å². The Morgan fingerprint density at radius 3 is 3.00 bits per heavy atom. The van der Waals surface area contributed by atoms with Gasteiger partial charge < -0.3 is 4.74 Å². The molecular formula is C6H10IN3O. The molecule has 4 nitrogen and oxygen atoms in total. The Hall–Kier alpha value is -0.170. The smallest absolute Gasteiger partial charge is 0.211 e. The third kappa shape index (κ3) is 2.41. The molecule has 0 amide bonds. The standard InChI is InChI=1S/C6H10IN3O/c1-5(3-11-2)10-4-8-6(7)9-10/h4-5H,3H2,1-2H3. The molecule has 0 aromatic carbocycles. The summed E-state index contributed by atoms with van der Waals surface area (Å²) in [6, 6.07) is 0.260. The fourth-order valence-electron chi connectivity index (χ4n) is 0.784. The molecule has 11 heavy (non-hydrogen) atoms. The second-order valence-electron chi connectivity index (χ2n) is 2.30. The Labute approximate surface area is 79.1 Å². The number of hydrogen-bond donors (Lipinski definition) is 0. The van der Waals surface area contributed by atoms with Gasteiger partial charge in [0.25, 0.3) is 0 Å². The number of aromatic nitrogens is 3. The van der Waals surface area contributed by atoms with Crippen LogP contribution in [0.4, 0.5) is 0 Å². The Kier molecular flexibility index (Phi) is 3.25. The predicted molar refractivity (Wildman–Crippen MR) is 49.3 cm³/mol. The molecule has 0 radical (unpaired) electrons. The number of nitrogens with zero attached hydrogens (tertiary/aromatic N) is 3. The minimum Gasteiger partial charge on any atom is -0.382 e. The summed E-state index contributed by atoms with van der Waals surface area (Å²) in [4.78, 5) is 4.00. The molecule has 0 N–H and O–H groups in total. The van der Waals surface area contributed by atoms with Crippen molar-refractivity contribution in [3.63, 3.8) is 0 Å². The first-order chi connectivity index (χ1) is 5.24. The third-order valence-electron chi connectivity index (χ3n) is 1.34. The minimum atomic E-state index is 0.260. The van der Waals surface area contributed by atoms with Gasteiger partial charge in [-0.1, -0.05) is 0 Å². The molecule has 0 aliphatic heterocycles. The average molecular weight is 267 g/mol. The zero-order chi connectivity index (χ0) is 8.27. The van der Waals surface area contributed by atoms with E-state index in [1.54, 1.807) is 18.1 Å². The van der Waals surface area contributed by atoms with Crippen LogP contribution in [0.25, 0.3) is 0 Å². The van der Waals surface area contributed by atoms with Crippen LogP contribution in [0, 0.1) is 3.83 Å². The van der Waals surface area contributed by atoms with Crippen LogP contribution in [0.1, 0.15) is 13.0 Å². The predicted octanol–water partition coefficient (Wildman–Crippen LogP) is 1.09. The minimum absolute atomic E-state index is 0.260. The van der Waals surface area contributed by atoms with Crippen molar-refractivity contribution in [1.82, 2.24) is 14.8 Å². The lowest BCUT2D eigenvalue weighted by Crippen LogP contribution is -2.11. The lowest BCUT2D eigenvalue weighted by atomic mass is 10.4. The molecule has 0 saturated carbocycles. The topological polar surface area (TPSA) is 39.9 Å². The summed E-state index contributed by atoms with van der Waals surface area (Å²) in [7, 11) is 1.68. The Morgan fingerprint density at radius 2 is 2.55 bits per heavy atom. The molecule has 0 aliphatic carbocycles. The average Bonchev–Trinajstić information content (AvgIpc) is 2.36. The molecular weight excluding hydrogens is 257 g/mol. The lowest BCUT2D eigenvalue weighted by molar-refractivity contribution is 0.156. The Morgan fingerprint density at radius 1 is 1.82 bits per heavy atom. The van der Waals surface area contributed by atoms with Gasteiger partial charge in [-0.05, 0) is 6.92 Å². The zero-order valence-corrected chi connectivity index (χ0v) is 8.65. The highest BCUT2D eigenvalue weighted by molar-refractivity contribution is 14.1. The molecule has 5 heteroatoms. The van der Waals surface area contributed by atoms with Crippen molar-refractivity contribution >= 4 is 22.6 Å². The zero-order valence-electron chi connectivity index (χ0n) is 6.49. The molecule has 1 heterocycles. The van der Waals surface area contributed by atoms with Gasteiger partial charge in [0.1, 0.15) is 6.33 Å². The molecule has 0 saturated heterocycles. The van der Waals surface area contributed by atoms with Crippen molar-refractivity contribution in [3.05, 3.63) is 10.2 Å². The van der Waals surface area contributed by atoms with Crippen molar-refractivity contribution in [1.29, 1.82) is 0 Å². The number of halogens is 1. The van der Waals surface area contributed by atoms with Crippen LogP contribution >= 0.6 is 22.6 Å². The van der Waals surface area contributed by atoms with Crippen LogP contribution in [-0.2, 0) is 4.74 Å². The van der Waals surface area contributed by atoms with Crippen LogP contribution in [0.15, 0.2) is 6.33 Å². The van der Waals surface area contributed by atoms with Crippen molar-refractivity contribution < 1.29 is 4.74 Å². The van der Waals surface area contributed by atoms with E-state index in [-0.39, 0.29) is 6.04 Å². The van der Waals surface area contributed by atoms with E-state index in [1.807, 2.05) is 6.92 Å². The normalized spacial score (nSPS) is 13.4. The molecule has 62 valence electrons. The van der Waals surface area contributed by atoms with Crippen LogP contribution in [0.3, 0.4) is 0 Å². The first-order valence-electron chi connectivity index (χ1n) is 3.29. The maximum atomic E-state index is 4.98. The number of methoxy groups -OCH3 is 1. The van der Waals surface area contributed by atoms with Gasteiger partial charge >= 0.3 is 0 Å². The largest absolute Gasteiger partial charge is 0.382 e. The van der Waals surface area contributed by atoms with Crippen molar-refractivity contribution in [2.24, 2.45) is 0 Å². The SMILES string of the molecule is COCC(C)n1cnc(I)n1. The third-order valence-corrected chi connectivity index (χ3v) is 1.83. The lowest BCUT2D eigenvalue weighted by Gasteiger charge is -2.08. The van der Waals surface area contributed by atoms with Crippen LogP contribution in [-0.4, -0.2) is 28.5 Å². The van der Waals surface area contributed by atoms with E-state index < -0.39 is 0 Å². The van der Waals surface area contributed by atoms with Gasteiger partial charge in [-0.15, -0.1) is 5.10 Å². The summed E-state index contributed by atoms with van der Waals surface area (Å²) in [6.45, 7) is 2.70. The molecule has 0 aliphatic rings. The highest BCUT2D eigenvalue weighted by Gasteiger charge is 2.04. The molecule has 0 spiro atoms. The quantitative estimate of drug-likeness (QED) is 0.770. The molecule has 1 aromatic rings. The molecule has 1 atom stereocenters. The van der Waals surface area contributed by atoms with Crippen LogP contribution in [0.5, 0.6) is 0 Å². The summed E-state index contributed by atoms with van der Waals surface area (Å²) in [5.41, 5.74) is 0. The number of rotatable bonds is 3. The summed E-state index contributed by atoms with van der Waals surface area (Å²) < 4.78 is 7.54. The Bertz CT molecular complexity index is 225. The highest BCUT2D eigenvalue weighted by Crippen LogP contribution is 2.04. The molecule has 1 aromatic heterocycles. The molecule has 0 bridgehead atoms. The van der Waals surface area contributed by atoms with Gasteiger partial charge in [-0.2, -0.15) is 0 Å². The number of hydrogen-bond acceptors (Lipinski definition) is 3. The van der Waals surface area contributed by atoms with E-state index in [9.17, 15) is 0 Å². The summed E-state index contributed by atoms with van der Waals surface area (Å²) in [5.74, 6) is 0. The summed E-state index contributed by atoms with van der Waals surface area (Å²) in [6.07, 6.45) is 1.71. The molecule has 0 fully saturated rings. The highest BCUT2D eigenvalue weighted by atomic mass is 127. The summed E-state index contributed by atoms with van der Waals surface area (Å²) >= 11 is 2.08. The van der Waals surface area contributed by atoms with E-state index >= 15 is 0 Å². The first-order valence-corrected chi connectivity index (χ1v) is 4.37. The van der Waals surface area contributed by atoms with Gasteiger partial charge in [0, 0.05) is 29.7 Å². The first kappa shape index (κ1) is 8.92. The van der Waals surface area contributed by atoms with Gasteiger partial charge in [-0.3, -0.25) is 0 Å². The monoisotopic (exact) mass is 267 g/mol. The molecule has 1 unspecified atom stereocenters. The van der Waals surface area contributed by atoms with Crippen molar-refractivity contribution in [2.75, 3.05) is 13.7 Å². The second kappa shape index (κ2) is 4.01. The maximum Gasteiger partial charge on any atom is 0.211 e. The van der Waals surface area contributed by atoms with Crippen molar-refractivity contribution in [2.45, 2.75) is 13.0 Å². The van der Waals surface area contributed by atoms with E-state index in [1.165, 1.54) is 0 Å². The van der Waals surface area contributed by atoms with Gasteiger partial charge in [0.2, 0.25) is 3.83 Å². The molecule has 1 rings (SSSR count). The van der Waals surface area contributed by atoms with Gasteiger partial charge in [0.15, 0.2) is 0 Å². The maximum absolute atomic E-state index is 4.98.